The Morgan fingerprint density at radius 1 is 1.10 bits per heavy atom. The van der Waals surface area contributed by atoms with Crippen molar-refractivity contribution in [1.82, 2.24) is 0 Å². The number of aryl methyl sites for hydroxylation is 1. The first kappa shape index (κ1) is 13.3. The third-order valence-electron chi connectivity index (χ3n) is 3.90. The number of rotatable bonds is 1. The maximum atomic E-state index is 6.15. The fourth-order valence-corrected chi connectivity index (χ4v) is 2.76. The lowest BCUT2D eigenvalue weighted by Gasteiger charge is -2.36. The Labute approximate surface area is 120 Å². The van der Waals surface area contributed by atoms with Crippen molar-refractivity contribution in [3.8, 4) is 17.2 Å². The SMILES string of the molecule is COc1c2c(cc3c1OC(C)(C)CC3)C=CC(C)(C)O2. The predicted molar refractivity (Wildman–Crippen MR) is 79.8 cm³/mol. The second-order valence-corrected chi connectivity index (χ2v) is 6.72. The summed E-state index contributed by atoms with van der Waals surface area (Å²) in [6.07, 6.45) is 6.21. The van der Waals surface area contributed by atoms with Crippen molar-refractivity contribution in [1.29, 1.82) is 0 Å². The van der Waals surface area contributed by atoms with E-state index in [0.29, 0.717) is 0 Å². The Morgan fingerprint density at radius 2 is 1.85 bits per heavy atom. The van der Waals surface area contributed by atoms with Gasteiger partial charge in [0.15, 0.2) is 11.5 Å². The van der Waals surface area contributed by atoms with Crippen LogP contribution in [0.4, 0.5) is 0 Å². The molecule has 0 fully saturated rings. The molecule has 0 spiro atoms. The first-order valence-electron chi connectivity index (χ1n) is 7.12. The molecule has 108 valence electrons. The van der Waals surface area contributed by atoms with Crippen LogP contribution in [0.2, 0.25) is 0 Å². The molecular formula is C17H22O3. The van der Waals surface area contributed by atoms with Gasteiger partial charge >= 0.3 is 0 Å². The zero-order valence-electron chi connectivity index (χ0n) is 12.9. The monoisotopic (exact) mass is 274 g/mol. The number of benzene rings is 1. The zero-order chi connectivity index (χ0) is 14.5. The first-order chi connectivity index (χ1) is 9.31. The minimum absolute atomic E-state index is 0.158. The van der Waals surface area contributed by atoms with E-state index in [-0.39, 0.29) is 11.2 Å². The average molecular weight is 274 g/mol. The smallest absolute Gasteiger partial charge is 0.204 e. The van der Waals surface area contributed by atoms with Crippen molar-refractivity contribution in [2.45, 2.75) is 51.7 Å². The summed E-state index contributed by atoms with van der Waals surface area (Å²) < 4.78 is 17.8. The molecule has 0 amide bonds. The van der Waals surface area contributed by atoms with E-state index in [1.165, 1.54) is 5.56 Å². The van der Waals surface area contributed by atoms with Crippen LogP contribution < -0.4 is 14.2 Å². The van der Waals surface area contributed by atoms with E-state index in [0.717, 1.165) is 35.7 Å². The summed E-state index contributed by atoms with van der Waals surface area (Å²) in [6, 6.07) is 2.16. The topological polar surface area (TPSA) is 27.7 Å². The molecule has 3 nitrogen and oxygen atoms in total. The van der Waals surface area contributed by atoms with Gasteiger partial charge in [-0.05, 0) is 58.2 Å². The molecular weight excluding hydrogens is 252 g/mol. The molecule has 20 heavy (non-hydrogen) atoms. The third-order valence-corrected chi connectivity index (χ3v) is 3.90. The van der Waals surface area contributed by atoms with E-state index in [4.69, 9.17) is 14.2 Å². The van der Waals surface area contributed by atoms with Gasteiger partial charge in [0.05, 0.1) is 7.11 Å². The molecule has 0 saturated carbocycles. The summed E-state index contributed by atoms with van der Waals surface area (Å²) in [5.41, 5.74) is 1.80. The number of hydrogen-bond donors (Lipinski definition) is 0. The highest BCUT2D eigenvalue weighted by Gasteiger charge is 2.34. The van der Waals surface area contributed by atoms with Gasteiger partial charge in [-0.2, -0.15) is 0 Å². The van der Waals surface area contributed by atoms with Crippen molar-refractivity contribution in [3.05, 3.63) is 23.3 Å². The molecule has 1 aromatic carbocycles. The summed E-state index contributed by atoms with van der Waals surface area (Å²) in [5.74, 6) is 2.35. The summed E-state index contributed by atoms with van der Waals surface area (Å²) >= 11 is 0. The number of methoxy groups -OCH3 is 1. The van der Waals surface area contributed by atoms with Crippen LogP contribution in [-0.4, -0.2) is 18.3 Å². The third kappa shape index (κ3) is 2.15. The minimum atomic E-state index is -0.321. The van der Waals surface area contributed by atoms with Gasteiger partial charge in [-0.15, -0.1) is 0 Å². The molecule has 3 heteroatoms. The number of ether oxygens (including phenoxy) is 3. The van der Waals surface area contributed by atoms with Gasteiger partial charge in [0.2, 0.25) is 5.75 Å². The van der Waals surface area contributed by atoms with Crippen LogP contribution in [0.1, 0.15) is 45.2 Å². The van der Waals surface area contributed by atoms with Gasteiger partial charge in [0.1, 0.15) is 11.2 Å². The molecule has 0 radical (unpaired) electrons. The molecule has 0 N–H and O–H groups in total. The Morgan fingerprint density at radius 3 is 2.55 bits per heavy atom. The molecule has 0 aromatic heterocycles. The Hall–Kier alpha value is -1.64. The van der Waals surface area contributed by atoms with Crippen LogP contribution >= 0.6 is 0 Å². The van der Waals surface area contributed by atoms with Gasteiger partial charge in [-0.25, -0.2) is 0 Å². The van der Waals surface area contributed by atoms with E-state index in [2.05, 4.69) is 32.1 Å². The van der Waals surface area contributed by atoms with Crippen molar-refractivity contribution in [2.75, 3.05) is 7.11 Å². The van der Waals surface area contributed by atoms with Crippen molar-refractivity contribution in [3.63, 3.8) is 0 Å². The second-order valence-electron chi connectivity index (χ2n) is 6.72. The predicted octanol–water partition coefficient (Wildman–Crippen LogP) is 3.98. The highest BCUT2D eigenvalue weighted by atomic mass is 16.6. The minimum Gasteiger partial charge on any atom is -0.490 e. The highest BCUT2D eigenvalue weighted by Crippen LogP contribution is 2.50. The lowest BCUT2D eigenvalue weighted by molar-refractivity contribution is 0.0777. The summed E-state index contributed by atoms with van der Waals surface area (Å²) in [4.78, 5) is 0. The van der Waals surface area contributed by atoms with Gasteiger partial charge in [-0.1, -0.05) is 6.08 Å². The van der Waals surface area contributed by atoms with Crippen molar-refractivity contribution < 1.29 is 14.2 Å². The molecule has 0 aliphatic carbocycles. The van der Waals surface area contributed by atoms with Crippen LogP contribution in [0.25, 0.3) is 6.08 Å². The fraction of sp³-hybridized carbons (Fsp3) is 0.529. The number of hydrogen-bond acceptors (Lipinski definition) is 3. The van der Waals surface area contributed by atoms with Crippen LogP contribution in [0.15, 0.2) is 12.1 Å². The molecule has 0 saturated heterocycles. The largest absolute Gasteiger partial charge is 0.490 e. The van der Waals surface area contributed by atoms with E-state index in [1.807, 2.05) is 13.8 Å². The summed E-state index contributed by atoms with van der Waals surface area (Å²) in [5, 5.41) is 0. The summed E-state index contributed by atoms with van der Waals surface area (Å²) in [7, 11) is 1.68. The van der Waals surface area contributed by atoms with Crippen molar-refractivity contribution in [2.24, 2.45) is 0 Å². The van der Waals surface area contributed by atoms with Gasteiger partial charge < -0.3 is 14.2 Å². The lowest BCUT2D eigenvalue weighted by atomic mass is 9.91. The van der Waals surface area contributed by atoms with Gasteiger partial charge in [0.25, 0.3) is 0 Å². The Kier molecular flexibility index (Phi) is 2.79. The van der Waals surface area contributed by atoms with Crippen LogP contribution in [0.3, 0.4) is 0 Å². The maximum Gasteiger partial charge on any atom is 0.204 e. The lowest BCUT2D eigenvalue weighted by Crippen LogP contribution is -2.33. The molecule has 0 bridgehead atoms. The Bertz CT molecular complexity index is 582. The molecule has 1 aromatic rings. The van der Waals surface area contributed by atoms with E-state index in [1.54, 1.807) is 7.11 Å². The molecule has 3 rings (SSSR count). The molecule has 2 aliphatic rings. The molecule has 2 aliphatic heterocycles. The van der Waals surface area contributed by atoms with Crippen LogP contribution in [0, 0.1) is 0 Å². The van der Waals surface area contributed by atoms with E-state index in [9.17, 15) is 0 Å². The first-order valence-corrected chi connectivity index (χ1v) is 7.12. The normalized spacial score (nSPS) is 21.2. The maximum absolute atomic E-state index is 6.15. The standard InChI is InChI=1S/C17H22O3/c1-16(2)8-6-11-10-12-7-9-17(3,4)20-14(12)15(18-5)13(11)19-16/h6,8,10H,7,9H2,1-5H3. The molecule has 2 heterocycles. The van der Waals surface area contributed by atoms with Gasteiger partial charge in [-0.3, -0.25) is 0 Å². The molecule has 0 atom stereocenters. The quantitative estimate of drug-likeness (QED) is 0.775. The van der Waals surface area contributed by atoms with Gasteiger partial charge in [0, 0.05) is 5.56 Å². The zero-order valence-corrected chi connectivity index (χ0v) is 12.9. The van der Waals surface area contributed by atoms with E-state index >= 15 is 0 Å². The fourth-order valence-electron chi connectivity index (χ4n) is 2.76. The number of fused-ring (bicyclic) bond motifs is 2. The van der Waals surface area contributed by atoms with E-state index < -0.39 is 0 Å². The Balaban J connectivity index is 2.17. The molecule has 0 unspecified atom stereocenters. The second kappa shape index (κ2) is 4.18. The average Bonchev–Trinajstić information content (AvgIpc) is 2.35. The van der Waals surface area contributed by atoms with Crippen LogP contribution in [0.5, 0.6) is 17.2 Å². The highest BCUT2D eigenvalue weighted by molar-refractivity contribution is 5.71. The van der Waals surface area contributed by atoms with Crippen LogP contribution in [-0.2, 0) is 6.42 Å². The van der Waals surface area contributed by atoms with Crippen molar-refractivity contribution >= 4 is 6.08 Å². The summed E-state index contributed by atoms with van der Waals surface area (Å²) in [6.45, 7) is 8.30.